The van der Waals surface area contributed by atoms with Gasteiger partial charge in [-0.1, -0.05) is 18.2 Å². The molecule has 0 aliphatic heterocycles. The van der Waals surface area contributed by atoms with Gasteiger partial charge >= 0.3 is 5.97 Å². The van der Waals surface area contributed by atoms with Crippen molar-refractivity contribution in [1.29, 1.82) is 0 Å². The highest BCUT2D eigenvalue weighted by Gasteiger charge is 2.26. The summed E-state index contributed by atoms with van der Waals surface area (Å²) in [5, 5.41) is 20.3. The first-order valence-corrected chi connectivity index (χ1v) is 9.58. The van der Waals surface area contributed by atoms with Crippen LogP contribution in [0.4, 0.5) is 0 Å². The Morgan fingerprint density at radius 2 is 1.81 bits per heavy atom. The molecule has 1 aliphatic rings. The van der Waals surface area contributed by atoms with Crippen molar-refractivity contribution in [2.24, 2.45) is 0 Å². The van der Waals surface area contributed by atoms with Crippen molar-refractivity contribution in [3.8, 4) is 5.75 Å². The number of nitrogens with zero attached hydrogens (tertiary/aromatic N) is 1. The molecule has 1 aromatic heterocycles. The van der Waals surface area contributed by atoms with Crippen LogP contribution in [0.25, 0.3) is 22.6 Å². The number of aromatic nitrogens is 1. The third-order valence-electron chi connectivity index (χ3n) is 4.54. The Labute approximate surface area is 166 Å². The SMILES string of the molecule is O=C(O)c1c2c(nc3ccccc13)C(=Cc1cc(Br)c(O)c(Br)c1)CC2. The number of hydrogen-bond acceptors (Lipinski definition) is 3. The number of hydrogen-bond donors (Lipinski definition) is 2. The maximum atomic E-state index is 11.9. The van der Waals surface area contributed by atoms with Gasteiger partial charge in [-0.15, -0.1) is 0 Å². The first-order chi connectivity index (χ1) is 12.5. The molecule has 26 heavy (non-hydrogen) atoms. The van der Waals surface area contributed by atoms with Crippen LogP contribution >= 0.6 is 31.9 Å². The molecule has 0 unspecified atom stereocenters. The molecule has 0 amide bonds. The molecule has 1 aliphatic carbocycles. The smallest absolute Gasteiger partial charge is 0.336 e. The second-order valence-electron chi connectivity index (χ2n) is 6.14. The Bertz CT molecular complexity index is 1080. The summed E-state index contributed by atoms with van der Waals surface area (Å²) >= 11 is 6.68. The molecule has 3 aromatic rings. The number of aromatic hydroxyl groups is 1. The summed E-state index contributed by atoms with van der Waals surface area (Å²) in [6, 6.07) is 11.0. The number of fused-ring (bicyclic) bond motifs is 2. The maximum absolute atomic E-state index is 11.9. The molecule has 4 nitrogen and oxygen atoms in total. The fourth-order valence-electron chi connectivity index (χ4n) is 3.39. The van der Waals surface area contributed by atoms with Gasteiger partial charge in [0.05, 0.1) is 25.7 Å². The molecule has 0 saturated carbocycles. The molecule has 0 saturated heterocycles. The standard InChI is InChI=1S/C20H13Br2NO3/c21-14-8-10(9-15(22)19(14)24)7-11-5-6-13-17(20(25)26)12-3-1-2-4-16(12)23-18(11)13/h1-4,7-9,24H,5-6H2,(H,25,26). The molecule has 6 heteroatoms. The third kappa shape index (κ3) is 2.83. The lowest BCUT2D eigenvalue weighted by atomic mass is 10.0. The lowest BCUT2D eigenvalue weighted by Crippen LogP contribution is -2.05. The fraction of sp³-hybridized carbons (Fsp3) is 0.100. The highest BCUT2D eigenvalue weighted by Crippen LogP contribution is 2.39. The van der Waals surface area contributed by atoms with E-state index in [4.69, 9.17) is 4.98 Å². The normalized spacial score (nSPS) is 14.8. The van der Waals surface area contributed by atoms with Crippen molar-refractivity contribution < 1.29 is 15.0 Å². The summed E-state index contributed by atoms with van der Waals surface area (Å²) in [6.45, 7) is 0. The molecule has 130 valence electrons. The molecule has 2 N–H and O–H groups in total. The van der Waals surface area contributed by atoms with Crippen LogP contribution in [0.2, 0.25) is 0 Å². The van der Waals surface area contributed by atoms with Gasteiger partial charge in [0.25, 0.3) is 0 Å². The Morgan fingerprint density at radius 1 is 1.12 bits per heavy atom. The summed E-state index contributed by atoms with van der Waals surface area (Å²) in [5.74, 6) is -0.771. The monoisotopic (exact) mass is 473 g/mol. The minimum atomic E-state index is -0.920. The number of phenols is 1. The molecule has 0 radical (unpaired) electrons. The van der Waals surface area contributed by atoms with Crippen LogP contribution < -0.4 is 0 Å². The Morgan fingerprint density at radius 3 is 2.50 bits per heavy atom. The van der Waals surface area contributed by atoms with Crippen LogP contribution in [0.1, 0.15) is 33.6 Å². The van der Waals surface area contributed by atoms with Crippen molar-refractivity contribution in [3.63, 3.8) is 0 Å². The van der Waals surface area contributed by atoms with E-state index in [0.717, 1.165) is 28.8 Å². The molecular formula is C20H13Br2NO3. The zero-order valence-electron chi connectivity index (χ0n) is 13.5. The maximum Gasteiger partial charge on any atom is 0.336 e. The van der Waals surface area contributed by atoms with Gasteiger partial charge in [0.1, 0.15) is 5.75 Å². The van der Waals surface area contributed by atoms with Gasteiger partial charge < -0.3 is 10.2 Å². The van der Waals surface area contributed by atoms with Crippen LogP contribution in [0, 0.1) is 0 Å². The zero-order chi connectivity index (χ0) is 18.4. The van der Waals surface area contributed by atoms with Gasteiger partial charge in [-0.3, -0.25) is 0 Å². The summed E-state index contributed by atoms with van der Waals surface area (Å²) in [6.07, 6.45) is 3.38. The molecule has 0 atom stereocenters. The number of halogens is 2. The van der Waals surface area contributed by atoms with Gasteiger partial charge in [0.2, 0.25) is 0 Å². The molecule has 0 fully saturated rings. The second kappa shape index (κ2) is 6.52. The number of carboxylic acids is 1. The van der Waals surface area contributed by atoms with Crippen molar-refractivity contribution in [3.05, 3.63) is 67.7 Å². The van der Waals surface area contributed by atoms with Crippen molar-refractivity contribution >= 4 is 60.4 Å². The van der Waals surface area contributed by atoms with Crippen molar-refractivity contribution in [2.45, 2.75) is 12.8 Å². The second-order valence-corrected chi connectivity index (χ2v) is 7.85. The topological polar surface area (TPSA) is 70.4 Å². The van der Waals surface area contributed by atoms with E-state index in [1.807, 2.05) is 42.5 Å². The van der Waals surface area contributed by atoms with Crippen LogP contribution in [0.5, 0.6) is 5.75 Å². The lowest BCUT2D eigenvalue weighted by molar-refractivity contribution is 0.0698. The minimum absolute atomic E-state index is 0.149. The minimum Gasteiger partial charge on any atom is -0.506 e. The van der Waals surface area contributed by atoms with Gasteiger partial charge in [-0.2, -0.15) is 0 Å². The first kappa shape index (κ1) is 17.2. The van der Waals surface area contributed by atoms with E-state index < -0.39 is 5.97 Å². The number of para-hydroxylation sites is 1. The Kier molecular flexibility index (Phi) is 4.32. The largest absolute Gasteiger partial charge is 0.506 e. The summed E-state index contributed by atoms with van der Waals surface area (Å²) in [7, 11) is 0. The Hall–Kier alpha value is -2.18. The van der Waals surface area contributed by atoms with Crippen LogP contribution in [0.3, 0.4) is 0 Å². The van der Waals surface area contributed by atoms with E-state index in [9.17, 15) is 15.0 Å². The highest BCUT2D eigenvalue weighted by molar-refractivity contribution is 9.11. The Balaban J connectivity index is 1.92. The number of allylic oxidation sites excluding steroid dienone is 1. The zero-order valence-corrected chi connectivity index (χ0v) is 16.6. The predicted octanol–water partition coefficient (Wildman–Crippen LogP) is 5.65. The van der Waals surface area contributed by atoms with Gasteiger partial charge in [-0.25, -0.2) is 9.78 Å². The molecule has 1 heterocycles. The molecule has 4 rings (SSSR count). The number of benzene rings is 2. The first-order valence-electron chi connectivity index (χ1n) is 7.99. The van der Waals surface area contributed by atoms with Crippen LogP contribution in [-0.4, -0.2) is 21.2 Å². The lowest BCUT2D eigenvalue weighted by Gasteiger charge is -2.09. The van der Waals surface area contributed by atoms with E-state index in [1.54, 1.807) is 0 Å². The summed E-state index contributed by atoms with van der Waals surface area (Å²) < 4.78 is 1.18. The summed E-state index contributed by atoms with van der Waals surface area (Å²) in [5.41, 5.74) is 4.47. The molecular weight excluding hydrogens is 462 g/mol. The predicted molar refractivity (Wildman–Crippen MR) is 108 cm³/mol. The van der Waals surface area contributed by atoms with Gasteiger partial charge in [0.15, 0.2) is 0 Å². The van der Waals surface area contributed by atoms with E-state index in [0.29, 0.717) is 31.8 Å². The number of aromatic carboxylic acids is 1. The molecule has 0 spiro atoms. The van der Waals surface area contributed by atoms with Crippen molar-refractivity contribution in [1.82, 2.24) is 4.98 Å². The number of carboxylic acid groups (broad SMARTS) is 1. The number of carbonyl (C=O) groups is 1. The fourth-order valence-corrected chi connectivity index (χ4v) is 4.61. The average molecular weight is 475 g/mol. The number of pyridine rings is 1. The van der Waals surface area contributed by atoms with Crippen LogP contribution in [0.15, 0.2) is 45.3 Å². The number of phenolic OH excluding ortho intramolecular Hbond substituents is 1. The van der Waals surface area contributed by atoms with E-state index in [1.165, 1.54) is 0 Å². The quantitative estimate of drug-likeness (QED) is 0.503. The molecule has 0 bridgehead atoms. The van der Waals surface area contributed by atoms with E-state index in [2.05, 4.69) is 31.9 Å². The van der Waals surface area contributed by atoms with E-state index in [-0.39, 0.29) is 5.75 Å². The van der Waals surface area contributed by atoms with Crippen LogP contribution in [-0.2, 0) is 6.42 Å². The summed E-state index contributed by atoms with van der Waals surface area (Å²) in [4.78, 5) is 16.6. The van der Waals surface area contributed by atoms with Gasteiger partial charge in [-0.05, 0) is 85.7 Å². The average Bonchev–Trinajstić information content (AvgIpc) is 2.99. The third-order valence-corrected chi connectivity index (χ3v) is 5.74. The van der Waals surface area contributed by atoms with Gasteiger partial charge in [0, 0.05) is 5.39 Å². The number of rotatable bonds is 2. The molecule has 2 aromatic carbocycles. The van der Waals surface area contributed by atoms with Crippen molar-refractivity contribution in [2.75, 3.05) is 0 Å². The van der Waals surface area contributed by atoms with E-state index >= 15 is 0 Å². The highest BCUT2D eigenvalue weighted by atomic mass is 79.9.